The summed E-state index contributed by atoms with van der Waals surface area (Å²) < 4.78 is 46.4. The van der Waals surface area contributed by atoms with E-state index in [1.54, 1.807) is 6.92 Å². The van der Waals surface area contributed by atoms with Gasteiger partial charge >= 0.3 is 6.18 Å². The highest BCUT2D eigenvalue weighted by molar-refractivity contribution is 6.32. The number of rotatable bonds is 6. The van der Waals surface area contributed by atoms with Crippen molar-refractivity contribution < 1.29 is 27.4 Å². The van der Waals surface area contributed by atoms with Gasteiger partial charge in [-0.3, -0.25) is 4.79 Å². The molecule has 0 fully saturated rings. The summed E-state index contributed by atoms with van der Waals surface area (Å²) in [5.74, 6) is -0.719. The Bertz CT molecular complexity index is 882. The minimum absolute atomic E-state index is 0.0100. The molecule has 142 valence electrons. The van der Waals surface area contributed by atoms with Gasteiger partial charge < -0.3 is 14.8 Å². The number of carbonyl (C=O) groups is 1. The number of alkyl halides is 3. The number of pyridine rings is 1. The van der Waals surface area contributed by atoms with Crippen LogP contribution in [0.3, 0.4) is 0 Å². The lowest BCUT2D eigenvalue weighted by atomic mass is 10.2. The van der Waals surface area contributed by atoms with Crippen LogP contribution < -0.4 is 14.8 Å². The van der Waals surface area contributed by atoms with Crippen LogP contribution >= 0.6 is 11.6 Å². The fraction of sp³-hybridized carbons (Fsp3) is 0.235. The van der Waals surface area contributed by atoms with Gasteiger partial charge in [-0.05, 0) is 31.2 Å². The van der Waals surface area contributed by atoms with Gasteiger partial charge in [-0.2, -0.15) is 18.4 Å². The van der Waals surface area contributed by atoms with Crippen molar-refractivity contribution >= 4 is 23.2 Å². The molecule has 27 heavy (non-hydrogen) atoms. The number of ether oxygens (including phenoxy) is 2. The Labute approximate surface area is 157 Å². The number of carbonyl (C=O) groups excluding carboxylic acids is 1. The lowest BCUT2D eigenvalue weighted by Gasteiger charge is -2.13. The Kier molecular flexibility index (Phi) is 6.47. The van der Waals surface area contributed by atoms with E-state index < -0.39 is 24.6 Å². The largest absolute Gasteiger partial charge is 0.492 e. The van der Waals surface area contributed by atoms with E-state index in [2.05, 4.69) is 15.0 Å². The molecule has 6 nitrogen and oxygen atoms in total. The van der Waals surface area contributed by atoms with Gasteiger partial charge in [0.15, 0.2) is 6.61 Å². The van der Waals surface area contributed by atoms with E-state index >= 15 is 0 Å². The molecule has 0 aliphatic rings. The molecule has 0 unspecified atom stereocenters. The maximum absolute atomic E-state index is 12.4. The topological polar surface area (TPSA) is 84.2 Å². The summed E-state index contributed by atoms with van der Waals surface area (Å²) in [7, 11) is 0. The molecule has 0 spiro atoms. The number of benzene rings is 1. The summed E-state index contributed by atoms with van der Waals surface area (Å²) >= 11 is 5.83. The summed E-state index contributed by atoms with van der Waals surface area (Å²) in [6.45, 7) is 0.546. The van der Waals surface area contributed by atoms with Crippen molar-refractivity contribution in [3.05, 3.63) is 46.6 Å². The van der Waals surface area contributed by atoms with Crippen LogP contribution in [0.1, 0.15) is 22.8 Å². The maximum Gasteiger partial charge on any atom is 0.422 e. The first kappa shape index (κ1) is 20.3. The Balaban J connectivity index is 2.19. The summed E-state index contributed by atoms with van der Waals surface area (Å²) in [6.07, 6.45) is -3.51. The molecule has 2 aromatic rings. The lowest BCUT2D eigenvalue weighted by molar-refractivity contribution is -0.154. The average molecular weight is 400 g/mol. The number of halogens is 4. The van der Waals surface area contributed by atoms with Crippen molar-refractivity contribution in [3.8, 4) is 17.7 Å². The van der Waals surface area contributed by atoms with E-state index in [0.717, 1.165) is 12.3 Å². The molecule has 0 saturated heterocycles. The van der Waals surface area contributed by atoms with Crippen LogP contribution in [0.5, 0.6) is 11.6 Å². The third-order valence-corrected chi connectivity index (χ3v) is 3.37. The predicted octanol–water partition coefficient (Wildman–Crippen LogP) is 4.20. The first-order chi connectivity index (χ1) is 12.7. The number of amides is 1. The number of hydrogen-bond acceptors (Lipinski definition) is 5. The van der Waals surface area contributed by atoms with Gasteiger partial charge in [-0.1, -0.05) is 11.6 Å². The van der Waals surface area contributed by atoms with Gasteiger partial charge in [0.05, 0.1) is 29.5 Å². The summed E-state index contributed by atoms with van der Waals surface area (Å²) in [4.78, 5) is 16.0. The van der Waals surface area contributed by atoms with Crippen molar-refractivity contribution in [3.63, 3.8) is 0 Å². The fourth-order valence-electron chi connectivity index (χ4n) is 1.98. The average Bonchev–Trinajstić information content (AvgIpc) is 2.61. The minimum atomic E-state index is -4.54. The highest BCUT2D eigenvalue weighted by Crippen LogP contribution is 2.28. The number of nitrogens with zero attached hydrogens (tertiary/aromatic N) is 2. The number of aromatic nitrogens is 1. The number of anilines is 1. The molecular weight excluding hydrogens is 387 g/mol. The Morgan fingerprint density at radius 2 is 2.07 bits per heavy atom. The Hall–Kier alpha value is -2.99. The molecule has 1 aromatic carbocycles. The summed E-state index contributed by atoms with van der Waals surface area (Å²) in [6, 6.07) is 7.57. The zero-order chi connectivity index (χ0) is 20.0. The molecule has 0 atom stereocenters. The van der Waals surface area contributed by atoms with Crippen LogP contribution in [0.25, 0.3) is 0 Å². The van der Waals surface area contributed by atoms with Crippen molar-refractivity contribution in [2.45, 2.75) is 13.1 Å². The maximum atomic E-state index is 12.4. The Morgan fingerprint density at radius 1 is 1.33 bits per heavy atom. The van der Waals surface area contributed by atoms with Crippen molar-refractivity contribution in [1.82, 2.24) is 4.98 Å². The van der Waals surface area contributed by atoms with Crippen LogP contribution in [0.4, 0.5) is 18.9 Å². The van der Waals surface area contributed by atoms with Gasteiger partial charge in [-0.25, -0.2) is 4.98 Å². The number of nitriles is 1. The van der Waals surface area contributed by atoms with Crippen molar-refractivity contribution in [1.29, 1.82) is 5.26 Å². The molecule has 0 saturated carbocycles. The SMILES string of the molecule is CCOc1ccc(C#N)cc1NC(=O)c1cnc(OCC(F)(F)F)c(Cl)c1. The van der Waals surface area contributed by atoms with Gasteiger partial charge in [0.25, 0.3) is 5.91 Å². The summed E-state index contributed by atoms with van der Waals surface area (Å²) in [5, 5.41) is 11.3. The Morgan fingerprint density at radius 3 is 2.67 bits per heavy atom. The smallest absolute Gasteiger partial charge is 0.422 e. The quantitative estimate of drug-likeness (QED) is 0.787. The monoisotopic (exact) mass is 399 g/mol. The molecule has 2 rings (SSSR count). The molecule has 1 aromatic heterocycles. The molecule has 0 aliphatic carbocycles. The molecule has 0 radical (unpaired) electrons. The van der Waals surface area contributed by atoms with Crippen LogP contribution in [-0.4, -0.2) is 30.3 Å². The number of hydrogen-bond donors (Lipinski definition) is 1. The molecule has 1 N–H and O–H groups in total. The van der Waals surface area contributed by atoms with E-state index in [0.29, 0.717) is 17.9 Å². The van der Waals surface area contributed by atoms with Gasteiger partial charge in [0, 0.05) is 6.20 Å². The van der Waals surface area contributed by atoms with Crippen LogP contribution in [-0.2, 0) is 0 Å². The number of nitrogens with one attached hydrogen (secondary N) is 1. The molecule has 0 bridgehead atoms. The van der Waals surface area contributed by atoms with Crippen LogP contribution in [0.15, 0.2) is 30.5 Å². The molecule has 10 heteroatoms. The molecular formula is C17H13ClF3N3O3. The second kappa shape index (κ2) is 8.60. The first-order valence-electron chi connectivity index (χ1n) is 7.57. The summed E-state index contributed by atoms with van der Waals surface area (Å²) in [5.41, 5.74) is 0.555. The van der Waals surface area contributed by atoms with Gasteiger partial charge in [0.1, 0.15) is 10.8 Å². The third-order valence-electron chi connectivity index (χ3n) is 3.10. The minimum Gasteiger partial charge on any atom is -0.492 e. The standard InChI is InChI=1S/C17H13ClF3N3O3/c1-2-26-14-4-3-10(7-22)5-13(14)24-15(25)11-6-12(18)16(23-8-11)27-9-17(19,20)21/h3-6,8H,2,9H2,1H3,(H,24,25). The van der Waals surface area contributed by atoms with Gasteiger partial charge in [0.2, 0.25) is 5.88 Å². The molecule has 1 amide bonds. The fourth-order valence-corrected chi connectivity index (χ4v) is 2.20. The third kappa shape index (κ3) is 5.76. The zero-order valence-electron chi connectivity index (χ0n) is 13.9. The van der Waals surface area contributed by atoms with Crippen LogP contribution in [0.2, 0.25) is 5.02 Å². The second-order valence-corrected chi connectivity index (χ2v) is 5.53. The van der Waals surface area contributed by atoms with E-state index in [1.807, 2.05) is 6.07 Å². The highest BCUT2D eigenvalue weighted by atomic mass is 35.5. The zero-order valence-corrected chi connectivity index (χ0v) is 14.7. The second-order valence-electron chi connectivity index (χ2n) is 5.12. The lowest BCUT2D eigenvalue weighted by Crippen LogP contribution is -2.20. The van der Waals surface area contributed by atoms with E-state index in [-0.39, 0.29) is 16.3 Å². The first-order valence-corrected chi connectivity index (χ1v) is 7.94. The van der Waals surface area contributed by atoms with Gasteiger partial charge in [-0.15, -0.1) is 0 Å². The van der Waals surface area contributed by atoms with Crippen molar-refractivity contribution in [2.24, 2.45) is 0 Å². The van der Waals surface area contributed by atoms with Crippen molar-refractivity contribution in [2.75, 3.05) is 18.5 Å². The highest BCUT2D eigenvalue weighted by Gasteiger charge is 2.29. The molecule has 0 aliphatic heterocycles. The van der Waals surface area contributed by atoms with E-state index in [4.69, 9.17) is 21.6 Å². The van der Waals surface area contributed by atoms with E-state index in [1.165, 1.54) is 18.2 Å². The van der Waals surface area contributed by atoms with Crippen LogP contribution in [0, 0.1) is 11.3 Å². The van der Waals surface area contributed by atoms with E-state index in [9.17, 15) is 18.0 Å². The predicted molar refractivity (Wildman–Crippen MR) is 91.1 cm³/mol. The normalized spacial score (nSPS) is 10.8. The molecule has 1 heterocycles.